The van der Waals surface area contributed by atoms with Crippen molar-refractivity contribution in [1.29, 1.82) is 0 Å². The van der Waals surface area contributed by atoms with Crippen LogP contribution in [0.3, 0.4) is 0 Å². The van der Waals surface area contributed by atoms with Gasteiger partial charge >= 0.3 is 12.1 Å². The highest BCUT2D eigenvalue weighted by atomic mass is 19.4. The molecule has 0 amide bonds. The Morgan fingerprint density at radius 2 is 1.90 bits per heavy atom. The topological polar surface area (TPSA) is 88.0 Å². The summed E-state index contributed by atoms with van der Waals surface area (Å²) in [6.45, 7) is 3.61. The number of anilines is 2. The zero-order valence-electron chi connectivity index (χ0n) is 16.7. The van der Waals surface area contributed by atoms with E-state index in [0.29, 0.717) is 17.8 Å². The number of nitrogens with zero attached hydrogens (tertiary/aromatic N) is 3. The molecule has 31 heavy (non-hydrogen) atoms. The summed E-state index contributed by atoms with van der Waals surface area (Å²) in [5.41, 5.74) is 2.69. The number of nitrogens with one attached hydrogen (secondary N) is 1. The smallest absolute Gasteiger partial charge is 0.433 e. The van der Waals surface area contributed by atoms with Crippen molar-refractivity contribution >= 4 is 23.7 Å². The molecule has 0 radical (unpaired) electrons. The zero-order chi connectivity index (χ0) is 22.6. The minimum absolute atomic E-state index is 0.161. The van der Waals surface area contributed by atoms with Crippen molar-refractivity contribution in [3.05, 3.63) is 71.3 Å². The van der Waals surface area contributed by atoms with Crippen molar-refractivity contribution in [2.24, 2.45) is 0 Å². The molecule has 0 atom stereocenters. The standard InChI is InChI=1S/C22H19F3N4O2/c1-3-14(20(30)31)10-17-5-4-15(12-27-17)16-8-13(2)9-18(11-16)28-21-26-7-6-19(29-21)22(23,24)25/h4-12H,3H2,1-2H3,(H,30,31)(H,26,28,29)/b14-10+. The normalized spacial score (nSPS) is 12.0. The molecule has 9 heteroatoms. The molecule has 2 N–H and O–H groups in total. The molecule has 0 unspecified atom stereocenters. The monoisotopic (exact) mass is 428 g/mol. The molecule has 3 rings (SSSR count). The first kappa shape index (κ1) is 21.9. The maximum absolute atomic E-state index is 12.9. The molecule has 0 fully saturated rings. The van der Waals surface area contributed by atoms with Gasteiger partial charge in [-0.1, -0.05) is 19.1 Å². The van der Waals surface area contributed by atoms with Crippen LogP contribution in [0.25, 0.3) is 17.2 Å². The average molecular weight is 428 g/mol. The number of hydrogen-bond donors (Lipinski definition) is 2. The Morgan fingerprint density at radius 3 is 2.52 bits per heavy atom. The van der Waals surface area contributed by atoms with Gasteiger partial charge in [0.05, 0.1) is 5.69 Å². The van der Waals surface area contributed by atoms with E-state index < -0.39 is 17.8 Å². The highest BCUT2D eigenvalue weighted by Crippen LogP contribution is 2.29. The summed E-state index contributed by atoms with van der Waals surface area (Å²) in [6.07, 6.45) is -0.00607. The van der Waals surface area contributed by atoms with Crippen LogP contribution >= 0.6 is 0 Å². The average Bonchev–Trinajstić information content (AvgIpc) is 2.71. The van der Waals surface area contributed by atoms with Crippen LogP contribution in [0, 0.1) is 6.92 Å². The van der Waals surface area contributed by atoms with Crippen molar-refractivity contribution < 1.29 is 23.1 Å². The number of benzene rings is 1. The Labute approximate surface area is 176 Å². The predicted octanol–water partition coefficient (Wildman–Crippen LogP) is 5.49. The number of carbonyl (C=O) groups is 1. The second-order valence-electron chi connectivity index (χ2n) is 6.78. The molecule has 0 aliphatic heterocycles. The molecule has 2 heterocycles. The number of aromatic nitrogens is 3. The van der Waals surface area contributed by atoms with E-state index in [9.17, 15) is 18.0 Å². The SMILES string of the molecule is CC/C(=C\c1ccc(-c2cc(C)cc(Nc3nccc(C(F)(F)F)n3)c2)cn1)C(=O)O. The number of carboxylic acid groups (broad SMARTS) is 1. The highest BCUT2D eigenvalue weighted by Gasteiger charge is 2.32. The first-order valence-corrected chi connectivity index (χ1v) is 9.35. The van der Waals surface area contributed by atoms with Gasteiger partial charge in [-0.15, -0.1) is 0 Å². The fraction of sp³-hybridized carbons (Fsp3) is 0.182. The molecular weight excluding hydrogens is 409 g/mol. The van der Waals surface area contributed by atoms with Crippen molar-refractivity contribution in [2.45, 2.75) is 26.4 Å². The Kier molecular flexibility index (Phi) is 6.33. The van der Waals surface area contributed by atoms with Crippen LogP contribution in [-0.4, -0.2) is 26.0 Å². The van der Waals surface area contributed by atoms with E-state index in [4.69, 9.17) is 5.11 Å². The van der Waals surface area contributed by atoms with Gasteiger partial charge in [-0.25, -0.2) is 14.8 Å². The van der Waals surface area contributed by atoms with Gasteiger partial charge in [0.1, 0.15) is 5.69 Å². The molecule has 1 aromatic carbocycles. The van der Waals surface area contributed by atoms with Gasteiger partial charge < -0.3 is 10.4 Å². The zero-order valence-corrected chi connectivity index (χ0v) is 16.7. The lowest BCUT2D eigenvalue weighted by molar-refractivity contribution is -0.141. The summed E-state index contributed by atoms with van der Waals surface area (Å²) < 4.78 is 38.6. The second-order valence-corrected chi connectivity index (χ2v) is 6.78. The summed E-state index contributed by atoms with van der Waals surface area (Å²) in [6, 6.07) is 9.73. The maximum Gasteiger partial charge on any atom is 0.433 e. The lowest BCUT2D eigenvalue weighted by atomic mass is 10.0. The molecule has 160 valence electrons. The number of halogens is 3. The quantitative estimate of drug-likeness (QED) is 0.505. The van der Waals surface area contributed by atoms with Crippen molar-refractivity contribution in [3.63, 3.8) is 0 Å². The van der Waals surface area contributed by atoms with Gasteiger partial charge in [-0.05, 0) is 54.8 Å². The maximum atomic E-state index is 12.9. The largest absolute Gasteiger partial charge is 0.478 e. The first-order valence-electron chi connectivity index (χ1n) is 9.35. The van der Waals surface area contributed by atoms with E-state index in [1.807, 2.05) is 13.0 Å². The molecule has 0 saturated heterocycles. The van der Waals surface area contributed by atoms with Gasteiger partial charge in [0.15, 0.2) is 0 Å². The lowest BCUT2D eigenvalue weighted by Gasteiger charge is -2.11. The Balaban J connectivity index is 1.87. The third kappa shape index (κ3) is 5.65. The predicted molar refractivity (Wildman–Crippen MR) is 111 cm³/mol. The molecule has 0 aliphatic rings. The summed E-state index contributed by atoms with van der Waals surface area (Å²) in [7, 11) is 0. The van der Waals surface area contributed by atoms with Crippen LogP contribution in [0.4, 0.5) is 24.8 Å². The van der Waals surface area contributed by atoms with Crippen LogP contribution in [-0.2, 0) is 11.0 Å². The van der Waals surface area contributed by atoms with Gasteiger partial charge in [0.25, 0.3) is 0 Å². The third-order valence-corrected chi connectivity index (χ3v) is 4.38. The number of carboxylic acids is 1. The molecular formula is C22H19F3N4O2. The van der Waals surface area contributed by atoms with Crippen LogP contribution in [0.15, 0.2) is 54.4 Å². The number of aliphatic carboxylic acids is 1. The summed E-state index contributed by atoms with van der Waals surface area (Å²) in [5, 5.41) is 11.9. The summed E-state index contributed by atoms with van der Waals surface area (Å²) >= 11 is 0. The van der Waals surface area contributed by atoms with Crippen LogP contribution in [0.5, 0.6) is 0 Å². The molecule has 2 aromatic heterocycles. The number of rotatable bonds is 6. The Morgan fingerprint density at radius 1 is 1.13 bits per heavy atom. The van der Waals surface area contributed by atoms with Crippen LogP contribution < -0.4 is 5.32 Å². The minimum Gasteiger partial charge on any atom is -0.478 e. The van der Waals surface area contributed by atoms with E-state index in [-0.39, 0.29) is 11.5 Å². The first-order chi connectivity index (χ1) is 14.7. The van der Waals surface area contributed by atoms with Crippen LogP contribution in [0.1, 0.15) is 30.3 Å². The van der Waals surface area contributed by atoms with E-state index in [0.717, 1.165) is 29.0 Å². The number of alkyl halides is 3. The number of pyridine rings is 1. The molecule has 0 bridgehead atoms. The summed E-state index contributed by atoms with van der Waals surface area (Å²) in [4.78, 5) is 22.8. The van der Waals surface area contributed by atoms with Gasteiger partial charge in [0.2, 0.25) is 5.95 Å². The second kappa shape index (κ2) is 8.95. The summed E-state index contributed by atoms with van der Waals surface area (Å²) in [5.74, 6) is -1.15. The number of hydrogen-bond acceptors (Lipinski definition) is 5. The van der Waals surface area contributed by atoms with Crippen molar-refractivity contribution in [2.75, 3.05) is 5.32 Å². The van der Waals surface area contributed by atoms with Gasteiger partial charge in [0, 0.05) is 29.2 Å². The number of aryl methyl sites for hydroxylation is 1. The molecule has 0 spiro atoms. The Bertz CT molecular complexity index is 1130. The molecule has 0 saturated carbocycles. The molecule has 3 aromatic rings. The van der Waals surface area contributed by atoms with E-state index in [2.05, 4.69) is 20.3 Å². The fourth-order valence-electron chi connectivity index (χ4n) is 2.88. The minimum atomic E-state index is -4.56. The van der Waals surface area contributed by atoms with E-state index >= 15 is 0 Å². The molecule has 0 aliphatic carbocycles. The van der Waals surface area contributed by atoms with Gasteiger partial charge in [-0.2, -0.15) is 13.2 Å². The van der Waals surface area contributed by atoms with E-state index in [1.54, 1.807) is 37.4 Å². The van der Waals surface area contributed by atoms with Crippen molar-refractivity contribution in [3.8, 4) is 11.1 Å². The van der Waals surface area contributed by atoms with Crippen molar-refractivity contribution in [1.82, 2.24) is 15.0 Å². The van der Waals surface area contributed by atoms with E-state index in [1.165, 1.54) is 6.08 Å². The Hall–Kier alpha value is -3.75. The van der Waals surface area contributed by atoms with Crippen LogP contribution in [0.2, 0.25) is 0 Å². The third-order valence-electron chi connectivity index (χ3n) is 4.38. The van der Waals surface area contributed by atoms with Gasteiger partial charge in [-0.3, -0.25) is 4.98 Å². The molecule has 6 nitrogen and oxygen atoms in total. The lowest BCUT2D eigenvalue weighted by Crippen LogP contribution is -2.10. The fourth-order valence-corrected chi connectivity index (χ4v) is 2.88. The highest BCUT2D eigenvalue weighted by molar-refractivity contribution is 5.91.